The number of methoxy groups -OCH3 is 1. The molecule has 3 aromatic rings. The van der Waals surface area contributed by atoms with Crippen molar-refractivity contribution >= 4 is 23.3 Å². The van der Waals surface area contributed by atoms with Gasteiger partial charge in [-0.2, -0.15) is 0 Å². The lowest BCUT2D eigenvalue weighted by atomic mass is 10.1. The Labute approximate surface area is 175 Å². The fraction of sp³-hybridized carbons (Fsp3) is 0.217. The van der Waals surface area contributed by atoms with Gasteiger partial charge in [0.2, 0.25) is 5.91 Å². The Morgan fingerprint density at radius 1 is 1.21 bits per heavy atom. The van der Waals surface area contributed by atoms with E-state index in [-0.39, 0.29) is 11.9 Å². The van der Waals surface area contributed by atoms with Crippen LogP contribution < -0.4 is 14.8 Å². The van der Waals surface area contributed by atoms with Gasteiger partial charge in [-0.15, -0.1) is 11.3 Å². The number of hydrogen-bond donors (Lipinski definition) is 1. The summed E-state index contributed by atoms with van der Waals surface area (Å²) in [6.45, 7) is 4.35. The van der Waals surface area contributed by atoms with Gasteiger partial charge in [-0.3, -0.25) is 4.79 Å². The molecule has 0 bridgehead atoms. The molecule has 3 rings (SSSR count). The Hall–Kier alpha value is -3.12. The first kappa shape index (κ1) is 20.6. The highest BCUT2D eigenvalue weighted by atomic mass is 32.1. The zero-order valence-electron chi connectivity index (χ0n) is 16.7. The summed E-state index contributed by atoms with van der Waals surface area (Å²) >= 11 is 1.61. The number of carbonyl (C=O) groups excluding carboxylic acids is 1. The minimum atomic E-state index is -0.164. The number of aromatic nitrogens is 1. The van der Waals surface area contributed by atoms with Crippen LogP contribution >= 0.6 is 11.3 Å². The van der Waals surface area contributed by atoms with E-state index in [1.54, 1.807) is 24.5 Å². The zero-order valence-corrected chi connectivity index (χ0v) is 17.5. The summed E-state index contributed by atoms with van der Waals surface area (Å²) in [6.07, 6.45) is 3.30. The van der Waals surface area contributed by atoms with Gasteiger partial charge in [-0.1, -0.05) is 30.3 Å². The van der Waals surface area contributed by atoms with Gasteiger partial charge in [0, 0.05) is 17.0 Å². The van der Waals surface area contributed by atoms with Gasteiger partial charge in [-0.05, 0) is 43.7 Å². The Morgan fingerprint density at radius 2 is 1.97 bits per heavy atom. The van der Waals surface area contributed by atoms with Crippen LogP contribution in [0, 0.1) is 6.92 Å². The van der Waals surface area contributed by atoms with E-state index in [0.717, 1.165) is 33.3 Å². The van der Waals surface area contributed by atoms with Gasteiger partial charge < -0.3 is 14.8 Å². The Morgan fingerprint density at radius 3 is 2.66 bits per heavy atom. The highest BCUT2D eigenvalue weighted by molar-refractivity contribution is 7.09. The maximum atomic E-state index is 12.3. The summed E-state index contributed by atoms with van der Waals surface area (Å²) < 4.78 is 11.1. The lowest BCUT2D eigenvalue weighted by molar-refractivity contribution is -0.117. The summed E-state index contributed by atoms with van der Waals surface area (Å²) in [5.41, 5.74) is 2.79. The zero-order chi connectivity index (χ0) is 20.6. The molecule has 150 valence electrons. The summed E-state index contributed by atoms with van der Waals surface area (Å²) in [7, 11) is 1.62. The molecule has 0 aliphatic heterocycles. The van der Waals surface area contributed by atoms with E-state index >= 15 is 0 Å². The van der Waals surface area contributed by atoms with Crippen molar-refractivity contribution in [1.29, 1.82) is 0 Å². The first-order chi connectivity index (χ1) is 14.0. The lowest BCUT2D eigenvalue weighted by Gasteiger charge is -2.16. The van der Waals surface area contributed by atoms with Crippen molar-refractivity contribution in [2.45, 2.75) is 26.5 Å². The van der Waals surface area contributed by atoms with Crippen molar-refractivity contribution in [2.75, 3.05) is 7.11 Å². The number of carbonyl (C=O) groups is 1. The number of nitrogens with zero attached hydrogens (tertiary/aromatic N) is 1. The van der Waals surface area contributed by atoms with Crippen molar-refractivity contribution in [3.8, 4) is 11.5 Å². The number of nitrogens with one attached hydrogen (secondary N) is 1. The number of ether oxygens (including phenoxy) is 2. The second kappa shape index (κ2) is 9.89. The molecule has 1 heterocycles. The van der Waals surface area contributed by atoms with Gasteiger partial charge in [-0.25, -0.2) is 4.98 Å². The number of para-hydroxylation sites is 1. The van der Waals surface area contributed by atoms with E-state index < -0.39 is 0 Å². The third kappa shape index (κ3) is 5.93. The Balaban J connectivity index is 1.53. The average molecular weight is 409 g/mol. The second-order valence-electron chi connectivity index (χ2n) is 6.52. The number of benzene rings is 2. The molecule has 0 spiro atoms. The number of rotatable bonds is 8. The highest BCUT2D eigenvalue weighted by Crippen LogP contribution is 2.24. The van der Waals surface area contributed by atoms with Crippen LogP contribution in [0.1, 0.15) is 34.8 Å². The molecule has 5 nitrogen and oxygen atoms in total. The fourth-order valence-electron chi connectivity index (χ4n) is 2.84. The molecule has 0 saturated carbocycles. The van der Waals surface area contributed by atoms with Gasteiger partial charge in [0.15, 0.2) is 0 Å². The third-order valence-corrected chi connectivity index (χ3v) is 5.15. The van der Waals surface area contributed by atoms with Gasteiger partial charge in [0.25, 0.3) is 0 Å². The highest BCUT2D eigenvalue weighted by Gasteiger charge is 2.12. The minimum Gasteiger partial charge on any atom is -0.496 e. The van der Waals surface area contributed by atoms with Crippen LogP contribution in [0.25, 0.3) is 6.08 Å². The standard InChI is InChI=1S/C23H24N2O3S/c1-16(21-6-4-5-7-22(21)27-3)24-23(26)13-10-18-8-11-20(12-9-18)28-14-19-15-29-17(2)25-19/h4-13,15-16H,14H2,1-3H3,(H,24,26)/b13-10+. The second-order valence-corrected chi connectivity index (χ2v) is 7.58. The van der Waals surface area contributed by atoms with Crippen LogP contribution in [0.3, 0.4) is 0 Å². The predicted octanol–water partition coefficient (Wildman–Crippen LogP) is 4.93. The Bertz CT molecular complexity index is 980. The van der Waals surface area contributed by atoms with Crippen molar-refractivity contribution in [3.05, 3.63) is 81.8 Å². The summed E-state index contributed by atoms with van der Waals surface area (Å²) in [5, 5.41) is 5.98. The maximum absolute atomic E-state index is 12.3. The molecule has 1 aromatic heterocycles. The first-order valence-electron chi connectivity index (χ1n) is 9.30. The van der Waals surface area contributed by atoms with Crippen LogP contribution in [0.15, 0.2) is 60.0 Å². The molecule has 1 unspecified atom stereocenters. The lowest BCUT2D eigenvalue weighted by Crippen LogP contribution is -2.24. The molecule has 0 aliphatic carbocycles. The van der Waals surface area contributed by atoms with Crippen LogP contribution in [-0.2, 0) is 11.4 Å². The number of aryl methyl sites for hydroxylation is 1. The molecule has 29 heavy (non-hydrogen) atoms. The van der Waals surface area contributed by atoms with Crippen molar-refractivity contribution in [3.63, 3.8) is 0 Å². The van der Waals surface area contributed by atoms with Gasteiger partial charge in [0.1, 0.15) is 18.1 Å². The van der Waals surface area contributed by atoms with E-state index in [1.165, 1.54) is 6.08 Å². The maximum Gasteiger partial charge on any atom is 0.244 e. The third-order valence-electron chi connectivity index (χ3n) is 4.32. The van der Waals surface area contributed by atoms with Gasteiger partial charge in [0.05, 0.1) is 23.9 Å². The number of hydrogen-bond acceptors (Lipinski definition) is 5. The number of amides is 1. The van der Waals surface area contributed by atoms with E-state index in [9.17, 15) is 4.79 Å². The summed E-state index contributed by atoms with van der Waals surface area (Å²) in [6, 6.07) is 15.1. The molecule has 0 aliphatic rings. The topological polar surface area (TPSA) is 60.5 Å². The Kier molecular flexibility index (Phi) is 7.03. The van der Waals surface area contributed by atoms with Crippen molar-refractivity contribution in [2.24, 2.45) is 0 Å². The van der Waals surface area contributed by atoms with E-state index in [1.807, 2.05) is 67.8 Å². The quantitative estimate of drug-likeness (QED) is 0.537. The summed E-state index contributed by atoms with van der Waals surface area (Å²) in [5.74, 6) is 1.36. The van der Waals surface area contributed by atoms with Crippen molar-refractivity contribution < 1.29 is 14.3 Å². The van der Waals surface area contributed by atoms with E-state index in [0.29, 0.717) is 6.61 Å². The molecule has 1 amide bonds. The molecular weight excluding hydrogens is 384 g/mol. The minimum absolute atomic E-state index is 0.159. The predicted molar refractivity (Wildman–Crippen MR) is 116 cm³/mol. The fourth-order valence-corrected chi connectivity index (χ4v) is 3.44. The monoisotopic (exact) mass is 408 g/mol. The average Bonchev–Trinajstić information content (AvgIpc) is 3.16. The van der Waals surface area contributed by atoms with Crippen molar-refractivity contribution in [1.82, 2.24) is 10.3 Å². The SMILES string of the molecule is COc1ccccc1C(C)NC(=O)/C=C/c1ccc(OCc2csc(C)n2)cc1. The molecule has 6 heteroatoms. The van der Waals surface area contributed by atoms with E-state index in [4.69, 9.17) is 9.47 Å². The van der Waals surface area contributed by atoms with Crippen LogP contribution in [-0.4, -0.2) is 18.0 Å². The smallest absolute Gasteiger partial charge is 0.244 e. The van der Waals surface area contributed by atoms with Crippen LogP contribution in [0.4, 0.5) is 0 Å². The molecule has 0 radical (unpaired) electrons. The molecule has 1 atom stereocenters. The van der Waals surface area contributed by atoms with Crippen LogP contribution in [0.2, 0.25) is 0 Å². The number of thiazole rings is 1. The molecule has 0 saturated heterocycles. The molecule has 1 N–H and O–H groups in total. The first-order valence-corrected chi connectivity index (χ1v) is 10.2. The van der Waals surface area contributed by atoms with Crippen LogP contribution in [0.5, 0.6) is 11.5 Å². The molecule has 2 aromatic carbocycles. The molecule has 0 fully saturated rings. The largest absolute Gasteiger partial charge is 0.496 e. The normalized spacial score (nSPS) is 12.0. The van der Waals surface area contributed by atoms with E-state index in [2.05, 4.69) is 10.3 Å². The summed E-state index contributed by atoms with van der Waals surface area (Å²) in [4.78, 5) is 16.6. The van der Waals surface area contributed by atoms with Gasteiger partial charge >= 0.3 is 0 Å². The molecular formula is C23H24N2O3S.